The molecular formula is C21H17Cl2NO2. The minimum absolute atomic E-state index is 0.126. The van der Waals surface area contributed by atoms with Crippen LogP contribution in [0.3, 0.4) is 0 Å². The average Bonchev–Trinajstić information content (AvgIpc) is 2.97. The number of aromatic nitrogens is 1. The fourth-order valence-electron chi connectivity index (χ4n) is 3.24. The first-order valence-electron chi connectivity index (χ1n) is 8.35. The van der Waals surface area contributed by atoms with Gasteiger partial charge in [-0.25, -0.2) is 0 Å². The molecule has 1 atom stereocenters. The number of hydrogen-bond donors (Lipinski definition) is 1. The van der Waals surface area contributed by atoms with E-state index in [0.29, 0.717) is 22.3 Å². The number of para-hydroxylation sites is 2. The van der Waals surface area contributed by atoms with E-state index < -0.39 is 6.10 Å². The van der Waals surface area contributed by atoms with Crippen molar-refractivity contribution in [1.29, 1.82) is 0 Å². The largest absolute Gasteiger partial charge is 0.489 e. The summed E-state index contributed by atoms with van der Waals surface area (Å²) in [5.41, 5.74) is 2.18. The molecule has 1 N–H and O–H groups in total. The highest BCUT2D eigenvalue weighted by Crippen LogP contribution is 2.30. The maximum absolute atomic E-state index is 10.5. The quantitative estimate of drug-likeness (QED) is 0.489. The van der Waals surface area contributed by atoms with E-state index in [1.165, 1.54) is 10.8 Å². The molecule has 0 fully saturated rings. The molecule has 1 unspecified atom stereocenters. The van der Waals surface area contributed by atoms with Crippen molar-refractivity contribution in [3.8, 4) is 5.75 Å². The van der Waals surface area contributed by atoms with Crippen LogP contribution in [0, 0.1) is 0 Å². The monoisotopic (exact) mass is 385 g/mol. The van der Waals surface area contributed by atoms with E-state index in [4.69, 9.17) is 27.9 Å². The third kappa shape index (κ3) is 3.26. The standard InChI is InChI=1S/C21H17Cl2NO2/c22-14-9-10-18(23)21(11-14)26-13-15(25)12-24-19-7-3-1-5-16(19)17-6-2-4-8-20(17)24/h1-11,15,25H,12-13H2. The van der Waals surface area contributed by atoms with Crippen LogP contribution < -0.4 is 4.74 Å². The Morgan fingerprint density at radius 3 is 2.15 bits per heavy atom. The average molecular weight is 386 g/mol. The fraction of sp³-hybridized carbons (Fsp3) is 0.143. The van der Waals surface area contributed by atoms with Crippen LogP contribution in [-0.4, -0.2) is 22.4 Å². The second-order valence-corrected chi connectivity index (χ2v) is 7.03. The summed E-state index contributed by atoms with van der Waals surface area (Å²) in [6.45, 7) is 0.549. The topological polar surface area (TPSA) is 34.4 Å². The summed E-state index contributed by atoms with van der Waals surface area (Å²) in [4.78, 5) is 0. The molecule has 1 heterocycles. The van der Waals surface area contributed by atoms with Gasteiger partial charge in [0.2, 0.25) is 0 Å². The molecule has 0 aliphatic carbocycles. The number of fused-ring (bicyclic) bond motifs is 3. The van der Waals surface area contributed by atoms with Gasteiger partial charge in [-0.3, -0.25) is 0 Å². The Kier molecular flexibility index (Phi) is 4.77. The second kappa shape index (κ2) is 7.20. The number of rotatable bonds is 5. The molecule has 3 aromatic carbocycles. The molecule has 0 amide bonds. The summed E-state index contributed by atoms with van der Waals surface area (Å²) < 4.78 is 7.80. The Labute approximate surface area is 161 Å². The SMILES string of the molecule is OC(COc1cc(Cl)ccc1Cl)Cn1c2ccccc2c2ccccc21. The van der Waals surface area contributed by atoms with Crippen LogP contribution in [0.5, 0.6) is 5.75 Å². The van der Waals surface area contributed by atoms with Crippen molar-refractivity contribution < 1.29 is 9.84 Å². The van der Waals surface area contributed by atoms with Gasteiger partial charge in [-0.2, -0.15) is 0 Å². The molecule has 4 rings (SSSR count). The number of aliphatic hydroxyl groups excluding tert-OH is 1. The van der Waals surface area contributed by atoms with Crippen molar-refractivity contribution in [2.45, 2.75) is 12.6 Å². The molecule has 1 aromatic heterocycles. The second-order valence-electron chi connectivity index (χ2n) is 6.18. The lowest BCUT2D eigenvalue weighted by Gasteiger charge is -2.16. The third-order valence-electron chi connectivity index (χ3n) is 4.40. The Morgan fingerprint density at radius 1 is 0.885 bits per heavy atom. The van der Waals surface area contributed by atoms with Gasteiger partial charge in [0, 0.05) is 32.9 Å². The van der Waals surface area contributed by atoms with E-state index in [-0.39, 0.29) is 6.61 Å². The molecule has 132 valence electrons. The first kappa shape index (κ1) is 17.2. The number of nitrogens with zero attached hydrogens (tertiary/aromatic N) is 1. The third-order valence-corrected chi connectivity index (χ3v) is 4.95. The Balaban J connectivity index is 1.59. The van der Waals surface area contributed by atoms with Crippen LogP contribution in [0.25, 0.3) is 21.8 Å². The summed E-state index contributed by atoms with van der Waals surface area (Å²) in [5, 5.41) is 13.9. The number of aliphatic hydroxyl groups is 1. The lowest BCUT2D eigenvalue weighted by atomic mass is 10.2. The normalized spacial score (nSPS) is 12.6. The Hall–Kier alpha value is -2.20. The van der Waals surface area contributed by atoms with Crippen molar-refractivity contribution in [3.63, 3.8) is 0 Å². The van der Waals surface area contributed by atoms with Crippen LogP contribution in [0.1, 0.15) is 0 Å². The van der Waals surface area contributed by atoms with Gasteiger partial charge >= 0.3 is 0 Å². The van der Waals surface area contributed by atoms with Gasteiger partial charge in [0.15, 0.2) is 0 Å². The first-order valence-corrected chi connectivity index (χ1v) is 9.11. The molecule has 0 saturated carbocycles. The van der Waals surface area contributed by atoms with Gasteiger partial charge < -0.3 is 14.4 Å². The molecule has 26 heavy (non-hydrogen) atoms. The van der Waals surface area contributed by atoms with Crippen molar-refractivity contribution in [2.75, 3.05) is 6.61 Å². The zero-order chi connectivity index (χ0) is 18.1. The van der Waals surface area contributed by atoms with E-state index in [1.54, 1.807) is 18.2 Å². The van der Waals surface area contributed by atoms with E-state index in [2.05, 4.69) is 28.8 Å². The van der Waals surface area contributed by atoms with E-state index in [9.17, 15) is 5.11 Å². The first-order chi connectivity index (χ1) is 12.6. The highest BCUT2D eigenvalue weighted by molar-refractivity contribution is 6.34. The fourth-order valence-corrected chi connectivity index (χ4v) is 3.57. The van der Waals surface area contributed by atoms with Gasteiger partial charge in [0.25, 0.3) is 0 Å². The maximum Gasteiger partial charge on any atom is 0.139 e. The summed E-state index contributed by atoms with van der Waals surface area (Å²) in [6, 6.07) is 21.4. The van der Waals surface area contributed by atoms with Gasteiger partial charge in [-0.1, -0.05) is 59.6 Å². The lowest BCUT2D eigenvalue weighted by Crippen LogP contribution is -2.23. The van der Waals surface area contributed by atoms with E-state index in [1.807, 2.05) is 24.3 Å². The van der Waals surface area contributed by atoms with Gasteiger partial charge in [0.05, 0.1) is 11.6 Å². The molecule has 4 aromatic rings. The van der Waals surface area contributed by atoms with Crippen LogP contribution in [0.4, 0.5) is 0 Å². The highest BCUT2D eigenvalue weighted by Gasteiger charge is 2.14. The predicted octanol–water partition coefficient (Wildman–Crippen LogP) is 5.54. The van der Waals surface area contributed by atoms with Crippen molar-refractivity contribution in [1.82, 2.24) is 4.57 Å². The van der Waals surface area contributed by atoms with Gasteiger partial charge in [-0.15, -0.1) is 0 Å². The zero-order valence-electron chi connectivity index (χ0n) is 13.9. The van der Waals surface area contributed by atoms with Crippen LogP contribution in [0.15, 0.2) is 66.7 Å². The summed E-state index contributed by atoms with van der Waals surface area (Å²) in [5.74, 6) is 0.473. The summed E-state index contributed by atoms with van der Waals surface area (Å²) >= 11 is 12.1. The van der Waals surface area contributed by atoms with Crippen molar-refractivity contribution in [2.24, 2.45) is 0 Å². The number of halogens is 2. The Morgan fingerprint density at radius 2 is 1.50 bits per heavy atom. The summed E-state index contributed by atoms with van der Waals surface area (Å²) in [7, 11) is 0. The highest BCUT2D eigenvalue weighted by atomic mass is 35.5. The molecule has 0 bridgehead atoms. The van der Waals surface area contributed by atoms with Crippen LogP contribution in [-0.2, 0) is 6.54 Å². The molecule has 0 radical (unpaired) electrons. The molecule has 0 aliphatic heterocycles. The minimum Gasteiger partial charge on any atom is -0.489 e. The van der Waals surface area contributed by atoms with Crippen LogP contribution >= 0.6 is 23.2 Å². The molecule has 0 spiro atoms. The predicted molar refractivity (Wildman–Crippen MR) is 107 cm³/mol. The van der Waals surface area contributed by atoms with E-state index in [0.717, 1.165) is 11.0 Å². The minimum atomic E-state index is -0.690. The number of ether oxygens (including phenoxy) is 1. The van der Waals surface area contributed by atoms with Crippen molar-refractivity contribution in [3.05, 3.63) is 76.8 Å². The van der Waals surface area contributed by atoms with E-state index >= 15 is 0 Å². The molecule has 0 saturated heterocycles. The molecular weight excluding hydrogens is 369 g/mol. The molecule has 5 heteroatoms. The lowest BCUT2D eigenvalue weighted by molar-refractivity contribution is 0.0945. The number of hydrogen-bond acceptors (Lipinski definition) is 2. The smallest absolute Gasteiger partial charge is 0.139 e. The maximum atomic E-state index is 10.5. The summed E-state index contributed by atoms with van der Waals surface area (Å²) in [6.07, 6.45) is -0.690. The molecule has 3 nitrogen and oxygen atoms in total. The van der Waals surface area contributed by atoms with Gasteiger partial charge in [-0.05, 0) is 24.3 Å². The molecule has 0 aliphatic rings. The van der Waals surface area contributed by atoms with Gasteiger partial charge in [0.1, 0.15) is 18.5 Å². The zero-order valence-corrected chi connectivity index (χ0v) is 15.4. The number of benzene rings is 3. The van der Waals surface area contributed by atoms with Crippen LogP contribution in [0.2, 0.25) is 10.0 Å². The Bertz CT molecular complexity index is 1020. The van der Waals surface area contributed by atoms with Crippen molar-refractivity contribution >= 4 is 45.0 Å².